The second-order valence-corrected chi connectivity index (χ2v) is 13.6. The summed E-state index contributed by atoms with van der Waals surface area (Å²) < 4.78 is 76.9. The molecule has 1 aliphatic rings. The van der Waals surface area contributed by atoms with Crippen LogP contribution in [-0.4, -0.2) is 68.6 Å². The molecular formula is C32H32Cl2F2N3O10S-. The van der Waals surface area contributed by atoms with Crippen LogP contribution in [0.25, 0.3) is 0 Å². The van der Waals surface area contributed by atoms with E-state index in [0.29, 0.717) is 15.4 Å². The molecule has 1 unspecified atom stereocenters. The van der Waals surface area contributed by atoms with Gasteiger partial charge >= 0.3 is 24.5 Å². The Labute approximate surface area is 298 Å². The van der Waals surface area contributed by atoms with E-state index >= 15 is 0 Å². The van der Waals surface area contributed by atoms with Crippen molar-refractivity contribution in [3.8, 4) is 11.5 Å². The first kappa shape index (κ1) is 38.7. The van der Waals surface area contributed by atoms with E-state index in [9.17, 15) is 31.9 Å². The number of anilines is 1. The molecule has 0 saturated heterocycles. The molecule has 0 radical (unpaired) electrons. The van der Waals surface area contributed by atoms with Crippen molar-refractivity contribution in [2.75, 3.05) is 24.1 Å². The third-order valence-corrected chi connectivity index (χ3v) is 8.10. The number of esters is 3. The van der Waals surface area contributed by atoms with Gasteiger partial charge in [0.25, 0.3) is 0 Å². The third-order valence-electron chi connectivity index (χ3n) is 6.77. The number of hydrogen-bond donors (Lipinski definition) is 0. The largest absolute Gasteiger partial charge is 0.755 e. The summed E-state index contributed by atoms with van der Waals surface area (Å²) in [6.45, 7) is 0.368. The second-order valence-electron chi connectivity index (χ2n) is 11.9. The van der Waals surface area contributed by atoms with Crippen LogP contribution in [0.5, 0.6) is 11.5 Å². The van der Waals surface area contributed by atoms with Crippen LogP contribution < -0.4 is 13.8 Å². The lowest BCUT2D eigenvalue weighted by Gasteiger charge is -2.27. The molecule has 1 aliphatic carbocycles. The average molecular weight is 760 g/mol. The second kappa shape index (κ2) is 17.2. The minimum Gasteiger partial charge on any atom is -0.755 e. The number of aromatic nitrogens is 2. The molecular weight excluding hydrogens is 727 g/mol. The van der Waals surface area contributed by atoms with Gasteiger partial charge in [0.05, 0.1) is 22.2 Å². The van der Waals surface area contributed by atoms with Gasteiger partial charge in [-0.15, -0.1) is 0 Å². The van der Waals surface area contributed by atoms with Crippen LogP contribution in [0.2, 0.25) is 10.0 Å². The molecule has 1 aromatic carbocycles. The highest BCUT2D eigenvalue weighted by molar-refractivity contribution is 7.80. The van der Waals surface area contributed by atoms with Crippen LogP contribution >= 0.6 is 23.2 Å². The molecule has 2 atom stereocenters. The van der Waals surface area contributed by atoms with Gasteiger partial charge in [-0.25, -0.2) is 14.6 Å². The topological polar surface area (TPSA) is 167 Å². The Bertz CT molecular complexity index is 1710. The van der Waals surface area contributed by atoms with Crippen molar-refractivity contribution >= 4 is 58.2 Å². The zero-order valence-corrected chi connectivity index (χ0v) is 29.3. The fourth-order valence-electron chi connectivity index (χ4n) is 4.35. The standard InChI is InChI=1S/C32H33Cl2F2N3O10S/c1-32(2,3)49-28(40)15-39(50(43)44)27-11-20(8-9-38-27)30(42)46-17-29(41)47-25(12-21-22(33)13-37-14-23(21)34)19-6-7-24(48-31(35)36)26(10-19)45-16-18-4-5-18/h6-11,13-14,18,25,31H,4-5,12,15-17H2,1-3H3,(H,43,44)/p-1/t25-/m0/s1. The van der Waals surface area contributed by atoms with Gasteiger partial charge in [-0.2, -0.15) is 8.78 Å². The number of alkyl halides is 2. The van der Waals surface area contributed by atoms with Crippen molar-refractivity contribution in [2.24, 2.45) is 5.92 Å². The molecule has 1 fully saturated rings. The Morgan fingerprint density at radius 2 is 1.76 bits per heavy atom. The zero-order chi connectivity index (χ0) is 36.6. The summed E-state index contributed by atoms with van der Waals surface area (Å²) in [5.74, 6) is -3.14. The van der Waals surface area contributed by atoms with Gasteiger partial charge in [0, 0.05) is 36.3 Å². The van der Waals surface area contributed by atoms with Gasteiger partial charge in [0.1, 0.15) is 24.1 Å². The first-order valence-electron chi connectivity index (χ1n) is 15.0. The SMILES string of the molecule is CC(C)(C)OC(=O)CN(c1cc(C(=O)OCC(=O)O[C@@H](Cc2c(Cl)cncc2Cl)c2ccc(OC(F)F)c(OCC3CC3)c2)ccn1)S(=O)[O-]. The number of halogens is 4. The quantitative estimate of drug-likeness (QED) is 0.0980. The molecule has 4 rings (SSSR count). The van der Waals surface area contributed by atoms with E-state index in [4.69, 9.17) is 42.1 Å². The highest BCUT2D eigenvalue weighted by atomic mass is 35.5. The van der Waals surface area contributed by atoms with E-state index in [1.54, 1.807) is 20.8 Å². The number of hydrogen-bond acceptors (Lipinski definition) is 12. The van der Waals surface area contributed by atoms with E-state index in [1.165, 1.54) is 36.7 Å². The highest BCUT2D eigenvalue weighted by Gasteiger charge is 2.27. The van der Waals surface area contributed by atoms with Crippen molar-refractivity contribution in [1.82, 2.24) is 9.97 Å². The maximum absolute atomic E-state index is 13.1. The van der Waals surface area contributed by atoms with Gasteiger partial charge in [0.15, 0.2) is 18.1 Å². The molecule has 1 saturated carbocycles. The molecule has 0 amide bonds. The van der Waals surface area contributed by atoms with Gasteiger partial charge in [-0.3, -0.25) is 18.3 Å². The lowest BCUT2D eigenvalue weighted by atomic mass is 10.0. The molecule has 13 nitrogen and oxygen atoms in total. The van der Waals surface area contributed by atoms with Crippen molar-refractivity contribution in [3.05, 3.63) is 75.7 Å². The Morgan fingerprint density at radius 3 is 2.38 bits per heavy atom. The Balaban J connectivity index is 1.51. The van der Waals surface area contributed by atoms with Crippen molar-refractivity contribution in [1.29, 1.82) is 0 Å². The normalized spacial score (nSPS) is 14.0. The summed E-state index contributed by atoms with van der Waals surface area (Å²) in [6, 6.07) is 6.31. The van der Waals surface area contributed by atoms with E-state index in [1.807, 2.05) is 0 Å². The van der Waals surface area contributed by atoms with Crippen molar-refractivity contribution in [3.63, 3.8) is 0 Å². The van der Waals surface area contributed by atoms with Crippen molar-refractivity contribution < 1.29 is 55.6 Å². The van der Waals surface area contributed by atoms with E-state index in [0.717, 1.165) is 25.1 Å². The molecule has 18 heteroatoms. The Morgan fingerprint density at radius 1 is 1.06 bits per heavy atom. The number of pyridine rings is 2. The van der Waals surface area contributed by atoms with Crippen LogP contribution in [0.4, 0.5) is 14.6 Å². The van der Waals surface area contributed by atoms with E-state index in [-0.39, 0.29) is 51.9 Å². The number of carbonyl (C=O) groups excluding carboxylic acids is 3. The predicted octanol–water partition coefficient (Wildman–Crippen LogP) is 5.80. The Kier molecular flexibility index (Phi) is 13.3. The summed E-state index contributed by atoms with van der Waals surface area (Å²) in [5.41, 5.74) is -0.408. The molecule has 3 aromatic rings. The summed E-state index contributed by atoms with van der Waals surface area (Å²) in [5, 5.41) is 0.335. The zero-order valence-electron chi connectivity index (χ0n) is 26.9. The minimum absolute atomic E-state index is 0.00214. The molecule has 0 spiro atoms. The maximum Gasteiger partial charge on any atom is 0.387 e. The van der Waals surface area contributed by atoms with Gasteiger partial charge in [-0.1, -0.05) is 29.3 Å². The van der Waals surface area contributed by atoms with Crippen LogP contribution in [0.1, 0.15) is 61.2 Å². The van der Waals surface area contributed by atoms with Crippen LogP contribution in [0.15, 0.2) is 48.9 Å². The highest BCUT2D eigenvalue weighted by Crippen LogP contribution is 2.38. The fraction of sp³-hybridized carbons (Fsp3) is 0.406. The smallest absolute Gasteiger partial charge is 0.387 e. The minimum atomic E-state index is -3.12. The lowest BCUT2D eigenvalue weighted by Crippen LogP contribution is -2.36. The monoisotopic (exact) mass is 758 g/mol. The molecule has 270 valence electrons. The van der Waals surface area contributed by atoms with Crippen LogP contribution in [-0.2, 0) is 41.5 Å². The molecule has 0 N–H and O–H groups in total. The summed E-state index contributed by atoms with van der Waals surface area (Å²) in [4.78, 5) is 46.0. The molecule has 50 heavy (non-hydrogen) atoms. The molecule has 0 bridgehead atoms. The number of nitrogens with zero attached hydrogens (tertiary/aromatic N) is 3. The molecule has 0 aliphatic heterocycles. The van der Waals surface area contributed by atoms with E-state index in [2.05, 4.69) is 14.7 Å². The maximum atomic E-state index is 13.1. The number of ether oxygens (including phenoxy) is 5. The lowest BCUT2D eigenvalue weighted by molar-refractivity contribution is -0.153. The first-order chi connectivity index (χ1) is 23.6. The third kappa shape index (κ3) is 11.7. The van der Waals surface area contributed by atoms with E-state index < -0.39 is 60.6 Å². The summed E-state index contributed by atoms with van der Waals surface area (Å²) in [6.07, 6.45) is 4.44. The van der Waals surface area contributed by atoms with Gasteiger partial charge in [0.2, 0.25) is 0 Å². The van der Waals surface area contributed by atoms with Crippen LogP contribution in [0, 0.1) is 5.92 Å². The fourth-order valence-corrected chi connectivity index (χ4v) is 5.33. The Hall–Kier alpha value is -4.12. The molecule has 2 heterocycles. The number of benzene rings is 1. The first-order valence-corrected chi connectivity index (χ1v) is 16.8. The number of carbonyl (C=O) groups is 3. The van der Waals surface area contributed by atoms with Crippen LogP contribution in [0.3, 0.4) is 0 Å². The average Bonchev–Trinajstić information content (AvgIpc) is 3.87. The number of rotatable bonds is 16. The van der Waals surface area contributed by atoms with Crippen molar-refractivity contribution in [2.45, 2.75) is 58.4 Å². The summed E-state index contributed by atoms with van der Waals surface area (Å²) in [7, 11) is 0. The van der Waals surface area contributed by atoms with Gasteiger partial charge < -0.3 is 28.2 Å². The van der Waals surface area contributed by atoms with Gasteiger partial charge in [-0.05, 0) is 74.9 Å². The molecule has 2 aromatic heterocycles. The predicted molar refractivity (Wildman–Crippen MR) is 175 cm³/mol. The summed E-state index contributed by atoms with van der Waals surface area (Å²) >= 11 is 9.68.